The molecule has 2 aromatic carbocycles. The number of halogens is 3. The molecule has 4 rings (SSSR count). The molecule has 0 spiro atoms. The van der Waals surface area contributed by atoms with Crippen molar-refractivity contribution in [1.29, 1.82) is 0 Å². The van der Waals surface area contributed by atoms with Gasteiger partial charge in [-0.15, -0.1) is 13.2 Å². The lowest BCUT2D eigenvalue weighted by Gasteiger charge is -2.23. The minimum Gasteiger partial charge on any atom is -0.406 e. The Morgan fingerprint density at radius 1 is 1.16 bits per heavy atom. The molecular weight excluding hydrogens is 411 g/mol. The molecule has 9 heteroatoms. The number of amides is 1. The fraction of sp³-hybridized carbons (Fsp3) is 0.318. The first kappa shape index (κ1) is 20.9. The van der Waals surface area contributed by atoms with E-state index in [4.69, 9.17) is 4.52 Å². The molecule has 0 N–H and O–H groups in total. The van der Waals surface area contributed by atoms with Crippen LogP contribution in [0.3, 0.4) is 0 Å². The average Bonchev–Trinajstić information content (AvgIpc) is 3.31. The second-order valence-electron chi connectivity index (χ2n) is 7.53. The quantitative estimate of drug-likeness (QED) is 0.561. The Balaban J connectivity index is 1.52. The molecule has 1 amide bonds. The van der Waals surface area contributed by atoms with E-state index in [1.54, 1.807) is 4.90 Å². The number of rotatable bonds is 5. The third kappa shape index (κ3) is 4.70. The van der Waals surface area contributed by atoms with Crippen molar-refractivity contribution in [3.63, 3.8) is 0 Å². The standard InChI is InChI=1S/C22H20F3N3O3/c1-13-3-4-16(14(2)11-13)12-28-18(9-10-19(28)29)21-26-20(27-31-21)15-5-7-17(8-6-15)30-22(23,24)25/h3-8,11,18H,9-10,12H2,1-2H3. The maximum absolute atomic E-state index is 12.5. The van der Waals surface area contributed by atoms with Gasteiger partial charge >= 0.3 is 6.36 Å². The first-order valence-electron chi connectivity index (χ1n) is 9.75. The molecule has 1 aliphatic rings. The lowest BCUT2D eigenvalue weighted by Crippen LogP contribution is -2.27. The summed E-state index contributed by atoms with van der Waals surface area (Å²) in [5, 5.41) is 3.94. The zero-order valence-electron chi connectivity index (χ0n) is 16.9. The summed E-state index contributed by atoms with van der Waals surface area (Å²) in [6, 6.07) is 11.0. The molecule has 0 radical (unpaired) electrons. The SMILES string of the molecule is Cc1ccc(CN2C(=O)CCC2c2nc(-c3ccc(OC(F)(F)F)cc3)no2)c(C)c1. The zero-order chi connectivity index (χ0) is 22.2. The van der Waals surface area contributed by atoms with E-state index in [1.807, 2.05) is 26.0 Å². The topological polar surface area (TPSA) is 68.5 Å². The highest BCUT2D eigenvalue weighted by atomic mass is 19.4. The van der Waals surface area contributed by atoms with Gasteiger partial charge in [0.05, 0.1) is 0 Å². The Bertz CT molecular complexity index is 1090. The molecule has 0 bridgehead atoms. The number of carbonyl (C=O) groups is 1. The second-order valence-corrected chi connectivity index (χ2v) is 7.53. The molecule has 1 fully saturated rings. The fourth-order valence-corrected chi connectivity index (χ4v) is 3.69. The van der Waals surface area contributed by atoms with Gasteiger partial charge in [-0.05, 0) is 55.7 Å². The van der Waals surface area contributed by atoms with Gasteiger partial charge in [0, 0.05) is 18.5 Å². The first-order valence-corrected chi connectivity index (χ1v) is 9.75. The van der Waals surface area contributed by atoms with Crippen LogP contribution < -0.4 is 4.74 Å². The Morgan fingerprint density at radius 3 is 2.58 bits per heavy atom. The van der Waals surface area contributed by atoms with Crippen LogP contribution in [-0.2, 0) is 11.3 Å². The molecule has 0 aliphatic carbocycles. The number of benzene rings is 2. The minimum absolute atomic E-state index is 0.0124. The monoisotopic (exact) mass is 431 g/mol. The number of aryl methyl sites for hydroxylation is 2. The Morgan fingerprint density at radius 2 is 1.90 bits per heavy atom. The number of hydrogen-bond acceptors (Lipinski definition) is 5. The minimum atomic E-state index is -4.75. The lowest BCUT2D eigenvalue weighted by atomic mass is 10.0. The van der Waals surface area contributed by atoms with E-state index in [1.165, 1.54) is 24.3 Å². The molecular formula is C22H20F3N3O3. The summed E-state index contributed by atoms with van der Waals surface area (Å²) in [5.41, 5.74) is 3.78. The van der Waals surface area contributed by atoms with Gasteiger partial charge in [-0.3, -0.25) is 4.79 Å². The molecule has 31 heavy (non-hydrogen) atoms. The Labute approximate surface area is 176 Å². The third-order valence-electron chi connectivity index (χ3n) is 5.24. The summed E-state index contributed by atoms with van der Waals surface area (Å²) in [5.74, 6) is 0.222. The second kappa shape index (κ2) is 8.05. The van der Waals surface area contributed by atoms with E-state index in [-0.39, 0.29) is 23.5 Å². The summed E-state index contributed by atoms with van der Waals surface area (Å²) in [6.45, 7) is 4.47. The van der Waals surface area contributed by atoms with Crippen LogP contribution in [0.4, 0.5) is 13.2 Å². The lowest BCUT2D eigenvalue weighted by molar-refractivity contribution is -0.274. The van der Waals surface area contributed by atoms with Crippen LogP contribution in [0.1, 0.15) is 41.5 Å². The summed E-state index contributed by atoms with van der Waals surface area (Å²) in [4.78, 5) is 18.6. The van der Waals surface area contributed by atoms with Gasteiger partial charge in [-0.1, -0.05) is 28.9 Å². The van der Waals surface area contributed by atoms with Crippen molar-refractivity contribution in [2.45, 2.75) is 45.6 Å². The predicted molar refractivity (Wildman–Crippen MR) is 105 cm³/mol. The van der Waals surface area contributed by atoms with Gasteiger partial charge in [-0.2, -0.15) is 4.98 Å². The molecule has 162 valence electrons. The third-order valence-corrected chi connectivity index (χ3v) is 5.24. The summed E-state index contributed by atoms with van der Waals surface area (Å²) in [7, 11) is 0. The fourth-order valence-electron chi connectivity index (χ4n) is 3.69. The molecule has 3 aromatic rings. The van der Waals surface area contributed by atoms with E-state index in [0.29, 0.717) is 30.8 Å². The highest BCUT2D eigenvalue weighted by molar-refractivity contribution is 5.79. The highest BCUT2D eigenvalue weighted by Gasteiger charge is 2.36. The number of hydrogen-bond donors (Lipinski definition) is 0. The van der Waals surface area contributed by atoms with E-state index < -0.39 is 6.36 Å². The van der Waals surface area contributed by atoms with Crippen LogP contribution in [-0.4, -0.2) is 27.3 Å². The normalized spacial score (nSPS) is 16.7. The van der Waals surface area contributed by atoms with Gasteiger partial charge < -0.3 is 14.2 Å². The van der Waals surface area contributed by atoms with Crippen molar-refractivity contribution in [3.05, 3.63) is 65.0 Å². The van der Waals surface area contributed by atoms with E-state index >= 15 is 0 Å². The van der Waals surface area contributed by atoms with Crippen molar-refractivity contribution in [2.24, 2.45) is 0 Å². The zero-order valence-corrected chi connectivity index (χ0v) is 16.9. The smallest absolute Gasteiger partial charge is 0.406 e. The number of carbonyl (C=O) groups excluding carboxylic acids is 1. The van der Waals surface area contributed by atoms with E-state index in [0.717, 1.165) is 16.7 Å². The molecule has 2 heterocycles. The summed E-state index contributed by atoms with van der Waals surface area (Å²) < 4.78 is 46.2. The molecule has 1 aromatic heterocycles. The first-order chi connectivity index (χ1) is 14.7. The van der Waals surface area contributed by atoms with Crippen LogP contribution in [0.2, 0.25) is 0 Å². The average molecular weight is 431 g/mol. The number of likely N-dealkylation sites (tertiary alicyclic amines) is 1. The number of ether oxygens (including phenoxy) is 1. The van der Waals surface area contributed by atoms with Gasteiger partial charge in [0.1, 0.15) is 11.8 Å². The highest BCUT2D eigenvalue weighted by Crippen LogP contribution is 2.35. The van der Waals surface area contributed by atoms with Crippen LogP contribution >= 0.6 is 0 Å². The van der Waals surface area contributed by atoms with Crippen LogP contribution in [0.5, 0.6) is 5.75 Å². The molecule has 1 atom stereocenters. The maximum Gasteiger partial charge on any atom is 0.573 e. The molecule has 1 saturated heterocycles. The Kier molecular flexibility index (Phi) is 5.43. The molecule has 6 nitrogen and oxygen atoms in total. The van der Waals surface area contributed by atoms with E-state index in [9.17, 15) is 18.0 Å². The number of aromatic nitrogens is 2. The van der Waals surface area contributed by atoms with Crippen molar-refractivity contribution < 1.29 is 27.2 Å². The number of nitrogens with zero attached hydrogens (tertiary/aromatic N) is 3. The summed E-state index contributed by atoms with van der Waals surface area (Å²) >= 11 is 0. The Hall–Kier alpha value is -3.36. The van der Waals surface area contributed by atoms with Crippen LogP contribution in [0.25, 0.3) is 11.4 Å². The van der Waals surface area contributed by atoms with Crippen LogP contribution in [0, 0.1) is 13.8 Å². The van der Waals surface area contributed by atoms with Crippen LogP contribution in [0.15, 0.2) is 47.0 Å². The molecule has 1 aliphatic heterocycles. The van der Waals surface area contributed by atoms with Crippen molar-refractivity contribution >= 4 is 5.91 Å². The molecule has 0 saturated carbocycles. The van der Waals surface area contributed by atoms with Gasteiger partial charge in [-0.25, -0.2) is 0 Å². The van der Waals surface area contributed by atoms with Crippen molar-refractivity contribution in [2.75, 3.05) is 0 Å². The van der Waals surface area contributed by atoms with Gasteiger partial charge in [0.15, 0.2) is 0 Å². The number of alkyl halides is 3. The molecule has 1 unspecified atom stereocenters. The predicted octanol–water partition coefficient (Wildman–Crippen LogP) is 5.12. The van der Waals surface area contributed by atoms with Gasteiger partial charge in [0.25, 0.3) is 0 Å². The van der Waals surface area contributed by atoms with E-state index in [2.05, 4.69) is 20.9 Å². The van der Waals surface area contributed by atoms with Crippen molar-refractivity contribution in [3.8, 4) is 17.1 Å². The largest absolute Gasteiger partial charge is 0.573 e. The van der Waals surface area contributed by atoms with Crippen molar-refractivity contribution in [1.82, 2.24) is 15.0 Å². The summed E-state index contributed by atoms with van der Waals surface area (Å²) in [6.07, 6.45) is -3.81. The van der Waals surface area contributed by atoms with Gasteiger partial charge in [0.2, 0.25) is 17.6 Å². The maximum atomic E-state index is 12.5.